The summed E-state index contributed by atoms with van der Waals surface area (Å²) in [5, 5.41) is 3.52. The van der Waals surface area contributed by atoms with Crippen LogP contribution in [0.3, 0.4) is 0 Å². The maximum atomic E-state index is 13.0. The van der Waals surface area contributed by atoms with E-state index in [1.807, 2.05) is 0 Å². The average Bonchev–Trinajstić information content (AvgIpc) is 3.27. The molecule has 2 heterocycles. The summed E-state index contributed by atoms with van der Waals surface area (Å²) >= 11 is 0. The molecule has 0 radical (unpaired) electrons. The third-order valence-electron chi connectivity index (χ3n) is 5.35. The number of oxazole rings is 1. The highest BCUT2D eigenvalue weighted by Crippen LogP contribution is 2.33. The molecule has 1 aliphatic carbocycles. The Labute approximate surface area is 166 Å². The van der Waals surface area contributed by atoms with Crippen LogP contribution in [-0.2, 0) is 16.0 Å². The second kappa shape index (κ2) is 7.65. The maximum Gasteiger partial charge on any atom is 0.344 e. The van der Waals surface area contributed by atoms with E-state index < -0.39 is 23.4 Å². The highest BCUT2D eigenvalue weighted by Gasteiger charge is 2.52. The number of aryl methyl sites for hydroxylation is 1. The smallest absolute Gasteiger partial charge is 0.344 e. The topological polar surface area (TPSA) is 105 Å². The lowest BCUT2D eigenvalue weighted by Crippen LogP contribution is -2.51. The first-order valence-corrected chi connectivity index (χ1v) is 9.64. The molecule has 1 saturated heterocycles. The van der Waals surface area contributed by atoms with Crippen LogP contribution < -0.4 is 10.7 Å². The molecule has 2 aromatic rings. The van der Waals surface area contributed by atoms with Gasteiger partial charge in [0.2, 0.25) is 5.91 Å². The number of nitrogens with zero attached hydrogens (tertiary/aromatic N) is 2. The minimum Gasteiger partial charge on any atom is -0.441 e. The van der Waals surface area contributed by atoms with E-state index in [1.165, 1.54) is 18.3 Å². The molecule has 8 nitrogen and oxygen atoms in total. The number of benzene rings is 1. The van der Waals surface area contributed by atoms with Crippen LogP contribution in [0.1, 0.15) is 44.4 Å². The quantitative estimate of drug-likeness (QED) is 0.751. The van der Waals surface area contributed by atoms with Crippen molar-refractivity contribution in [1.82, 2.24) is 20.7 Å². The molecule has 2 N–H and O–H groups in total. The Balaban J connectivity index is 1.33. The zero-order valence-corrected chi connectivity index (χ0v) is 15.7. The van der Waals surface area contributed by atoms with Crippen LogP contribution in [0.4, 0.5) is 9.18 Å². The van der Waals surface area contributed by atoms with Crippen LogP contribution in [0.25, 0.3) is 11.3 Å². The van der Waals surface area contributed by atoms with Gasteiger partial charge in [-0.2, -0.15) is 5.01 Å². The Kier molecular flexibility index (Phi) is 5.04. The monoisotopic (exact) mass is 400 g/mol. The van der Waals surface area contributed by atoms with Crippen molar-refractivity contribution in [3.05, 3.63) is 42.2 Å². The van der Waals surface area contributed by atoms with Crippen molar-refractivity contribution in [1.29, 1.82) is 0 Å². The summed E-state index contributed by atoms with van der Waals surface area (Å²) in [6, 6.07) is 5.19. The van der Waals surface area contributed by atoms with Crippen LogP contribution in [0, 0.1) is 5.82 Å². The largest absolute Gasteiger partial charge is 0.441 e. The molecule has 2 aliphatic rings. The van der Waals surface area contributed by atoms with Crippen molar-refractivity contribution in [3.63, 3.8) is 0 Å². The molecule has 1 aromatic carbocycles. The SMILES string of the molecule is O=C(CCc1ncc(-c2ccc(F)cc2)o1)NN1C(=O)NC2(CCCCC2)C1=O. The van der Waals surface area contributed by atoms with Crippen molar-refractivity contribution >= 4 is 17.8 Å². The minimum absolute atomic E-state index is 0.00652. The van der Waals surface area contributed by atoms with Crippen LogP contribution >= 0.6 is 0 Å². The zero-order chi connectivity index (χ0) is 20.4. The van der Waals surface area contributed by atoms with Gasteiger partial charge in [0.1, 0.15) is 11.4 Å². The average molecular weight is 400 g/mol. The number of imide groups is 1. The number of amides is 4. The van der Waals surface area contributed by atoms with Crippen molar-refractivity contribution in [3.8, 4) is 11.3 Å². The van der Waals surface area contributed by atoms with E-state index in [0.29, 0.717) is 30.1 Å². The van der Waals surface area contributed by atoms with E-state index >= 15 is 0 Å². The normalized spacial score (nSPS) is 18.2. The van der Waals surface area contributed by atoms with Crippen molar-refractivity contribution in [2.45, 2.75) is 50.5 Å². The molecule has 0 bridgehead atoms. The number of urea groups is 1. The number of hydrogen-bond acceptors (Lipinski definition) is 5. The highest BCUT2D eigenvalue weighted by molar-refractivity contribution is 6.08. The first-order chi connectivity index (χ1) is 14.0. The molecule has 1 saturated carbocycles. The minimum atomic E-state index is -0.880. The summed E-state index contributed by atoms with van der Waals surface area (Å²) in [7, 11) is 0. The Morgan fingerprint density at radius 1 is 1.21 bits per heavy atom. The number of rotatable bonds is 5. The summed E-state index contributed by atoms with van der Waals surface area (Å²) in [5.74, 6) is -0.428. The number of hydrazine groups is 1. The second-order valence-corrected chi connectivity index (χ2v) is 7.37. The molecular weight excluding hydrogens is 379 g/mol. The summed E-state index contributed by atoms with van der Waals surface area (Å²) in [6.45, 7) is 0. The van der Waals surface area contributed by atoms with Crippen LogP contribution in [0.2, 0.25) is 0 Å². The molecule has 0 atom stereocenters. The van der Waals surface area contributed by atoms with Gasteiger partial charge in [-0.25, -0.2) is 14.2 Å². The van der Waals surface area contributed by atoms with Gasteiger partial charge >= 0.3 is 6.03 Å². The maximum absolute atomic E-state index is 13.0. The van der Waals surface area contributed by atoms with E-state index in [2.05, 4.69) is 15.7 Å². The molecule has 4 rings (SSSR count). The predicted octanol–water partition coefficient (Wildman–Crippen LogP) is 2.70. The summed E-state index contributed by atoms with van der Waals surface area (Å²) in [4.78, 5) is 41.2. The van der Waals surface area contributed by atoms with Crippen molar-refractivity contribution in [2.75, 3.05) is 0 Å². The number of aromatic nitrogens is 1. The lowest BCUT2D eigenvalue weighted by atomic mass is 9.82. The van der Waals surface area contributed by atoms with E-state index in [9.17, 15) is 18.8 Å². The fourth-order valence-corrected chi connectivity index (χ4v) is 3.79. The lowest BCUT2D eigenvalue weighted by molar-refractivity contribution is -0.139. The van der Waals surface area contributed by atoms with E-state index in [-0.39, 0.29) is 18.7 Å². The molecule has 2 fully saturated rings. The molecule has 1 spiro atoms. The number of halogens is 1. The second-order valence-electron chi connectivity index (χ2n) is 7.37. The van der Waals surface area contributed by atoms with E-state index in [0.717, 1.165) is 24.3 Å². The standard InChI is InChI=1S/C20H21FN4O4/c21-14-6-4-13(5-7-14)15-12-22-17(29-15)9-8-16(26)24-25-18(27)20(23-19(25)28)10-2-1-3-11-20/h4-7,12H,1-3,8-11H2,(H,23,28)(H,24,26). The highest BCUT2D eigenvalue weighted by atomic mass is 19.1. The molecule has 1 aliphatic heterocycles. The molecule has 152 valence electrons. The van der Waals surface area contributed by atoms with Gasteiger partial charge in [-0.3, -0.25) is 15.0 Å². The fourth-order valence-electron chi connectivity index (χ4n) is 3.79. The van der Waals surface area contributed by atoms with Crippen molar-refractivity contribution in [2.24, 2.45) is 0 Å². The van der Waals surface area contributed by atoms with Crippen LogP contribution in [0.15, 0.2) is 34.9 Å². The van der Waals surface area contributed by atoms with Gasteiger partial charge in [0, 0.05) is 18.4 Å². The van der Waals surface area contributed by atoms with Gasteiger partial charge < -0.3 is 9.73 Å². The Morgan fingerprint density at radius 3 is 2.66 bits per heavy atom. The predicted molar refractivity (Wildman–Crippen MR) is 99.6 cm³/mol. The molecule has 0 unspecified atom stereocenters. The molecule has 1 aromatic heterocycles. The summed E-state index contributed by atoms with van der Waals surface area (Å²) < 4.78 is 18.6. The van der Waals surface area contributed by atoms with Gasteiger partial charge in [-0.1, -0.05) is 19.3 Å². The molecular formula is C20H21FN4O4. The number of nitrogens with one attached hydrogen (secondary N) is 2. The Bertz CT molecular complexity index is 934. The summed E-state index contributed by atoms with van der Waals surface area (Å²) in [5.41, 5.74) is 2.18. The van der Waals surface area contributed by atoms with Gasteiger partial charge in [-0.15, -0.1) is 0 Å². The van der Waals surface area contributed by atoms with Crippen LogP contribution in [0.5, 0.6) is 0 Å². The first kappa shape index (κ1) is 19.1. The van der Waals surface area contributed by atoms with Gasteiger partial charge in [0.05, 0.1) is 6.20 Å². The molecule has 29 heavy (non-hydrogen) atoms. The molecule has 4 amide bonds. The third kappa shape index (κ3) is 3.85. The van der Waals surface area contributed by atoms with Gasteiger partial charge in [0.25, 0.3) is 5.91 Å². The summed E-state index contributed by atoms with van der Waals surface area (Å²) in [6.07, 6.45) is 5.65. The first-order valence-electron chi connectivity index (χ1n) is 9.64. The van der Waals surface area contributed by atoms with Crippen molar-refractivity contribution < 1.29 is 23.2 Å². The number of hydrogen-bond donors (Lipinski definition) is 2. The third-order valence-corrected chi connectivity index (χ3v) is 5.35. The van der Waals surface area contributed by atoms with Gasteiger partial charge in [-0.05, 0) is 37.1 Å². The van der Waals surface area contributed by atoms with Crippen LogP contribution in [-0.4, -0.2) is 33.4 Å². The zero-order valence-electron chi connectivity index (χ0n) is 15.7. The number of carbonyl (C=O) groups excluding carboxylic acids is 3. The van der Waals surface area contributed by atoms with E-state index in [4.69, 9.17) is 4.42 Å². The Morgan fingerprint density at radius 2 is 1.93 bits per heavy atom. The molecule has 9 heteroatoms. The lowest BCUT2D eigenvalue weighted by Gasteiger charge is -2.30. The Hall–Kier alpha value is -3.23. The van der Waals surface area contributed by atoms with Gasteiger partial charge in [0.15, 0.2) is 11.7 Å². The van der Waals surface area contributed by atoms with E-state index in [1.54, 1.807) is 12.1 Å². The fraction of sp³-hybridized carbons (Fsp3) is 0.400. The number of carbonyl (C=O) groups is 3.